The summed E-state index contributed by atoms with van der Waals surface area (Å²) in [6.45, 7) is 1.76. The summed E-state index contributed by atoms with van der Waals surface area (Å²) in [6, 6.07) is 1.89. The lowest BCUT2D eigenvalue weighted by atomic mass is 10.2. The summed E-state index contributed by atoms with van der Waals surface area (Å²) < 4.78 is 24.8. The molecule has 0 unspecified atom stereocenters. The Labute approximate surface area is 130 Å². The van der Waals surface area contributed by atoms with E-state index in [2.05, 4.69) is 25.3 Å². The first-order chi connectivity index (χ1) is 11.1. The van der Waals surface area contributed by atoms with E-state index in [9.17, 15) is 4.39 Å². The van der Waals surface area contributed by atoms with Gasteiger partial charge in [0.15, 0.2) is 5.82 Å². The minimum atomic E-state index is -0.437. The molecule has 0 N–H and O–H groups in total. The topological polar surface area (TPSA) is 87.8 Å². The van der Waals surface area contributed by atoms with Crippen LogP contribution < -0.4 is 9.47 Å². The Balaban J connectivity index is 2.11. The van der Waals surface area contributed by atoms with Crippen molar-refractivity contribution < 1.29 is 13.9 Å². The Hall–Kier alpha value is -3.10. The summed E-state index contributed by atoms with van der Waals surface area (Å²) in [6.07, 6.45) is 3.91. The van der Waals surface area contributed by atoms with Crippen LogP contribution in [0.2, 0.25) is 0 Å². The zero-order valence-corrected chi connectivity index (χ0v) is 12.7. The van der Waals surface area contributed by atoms with Crippen molar-refractivity contribution in [3.63, 3.8) is 0 Å². The average molecular weight is 316 g/mol. The second-order valence-electron chi connectivity index (χ2n) is 4.58. The number of ether oxygens (including phenoxy) is 2. The highest BCUT2D eigenvalue weighted by molar-refractivity contribution is 5.66. The quantitative estimate of drug-likeness (QED) is 0.722. The summed E-state index contributed by atoms with van der Waals surface area (Å²) in [4.78, 5) is 8.16. The third-order valence-corrected chi connectivity index (χ3v) is 3.13. The van der Waals surface area contributed by atoms with E-state index in [0.29, 0.717) is 28.5 Å². The molecule has 3 aromatic heterocycles. The third kappa shape index (κ3) is 2.80. The van der Waals surface area contributed by atoms with Gasteiger partial charge in [0.25, 0.3) is 0 Å². The fourth-order valence-electron chi connectivity index (χ4n) is 2.02. The van der Waals surface area contributed by atoms with Crippen LogP contribution in [0.5, 0.6) is 11.9 Å². The second kappa shape index (κ2) is 5.95. The lowest BCUT2D eigenvalue weighted by Crippen LogP contribution is -2.04. The molecule has 0 saturated heterocycles. The minimum absolute atomic E-state index is 0.181. The fourth-order valence-corrected chi connectivity index (χ4v) is 2.02. The van der Waals surface area contributed by atoms with Crippen LogP contribution in [0, 0.1) is 12.7 Å². The van der Waals surface area contributed by atoms with Gasteiger partial charge in [0.2, 0.25) is 5.88 Å². The van der Waals surface area contributed by atoms with Crippen LogP contribution in [0.4, 0.5) is 4.39 Å². The first kappa shape index (κ1) is 14.8. The summed E-state index contributed by atoms with van der Waals surface area (Å²) in [5, 5.41) is 12.1. The van der Waals surface area contributed by atoms with E-state index < -0.39 is 5.82 Å². The Morgan fingerprint density at radius 2 is 1.96 bits per heavy atom. The smallest absolute Gasteiger partial charge is 0.319 e. The number of rotatable bonds is 4. The number of aryl methyl sites for hydroxylation is 1. The lowest BCUT2D eigenvalue weighted by Gasteiger charge is -2.10. The van der Waals surface area contributed by atoms with Gasteiger partial charge in [-0.15, -0.1) is 5.10 Å². The van der Waals surface area contributed by atoms with Crippen LogP contribution in [-0.4, -0.2) is 44.2 Å². The zero-order valence-electron chi connectivity index (χ0n) is 12.7. The molecule has 3 rings (SSSR count). The Morgan fingerprint density at radius 1 is 1.13 bits per heavy atom. The van der Waals surface area contributed by atoms with Gasteiger partial charge >= 0.3 is 6.01 Å². The zero-order chi connectivity index (χ0) is 16.4. The van der Waals surface area contributed by atoms with Gasteiger partial charge in [-0.1, -0.05) is 0 Å². The highest BCUT2D eigenvalue weighted by Gasteiger charge is 2.15. The van der Waals surface area contributed by atoms with Crippen molar-refractivity contribution in [2.24, 2.45) is 0 Å². The van der Waals surface area contributed by atoms with Gasteiger partial charge in [0.05, 0.1) is 43.6 Å². The van der Waals surface area contributed by atoms with Crippen molar-refractivity contribution in [1.82, 2.24) is 29.9 Å². The number of methoxy groups -OCH3 is 2. The van der Waals surface area contributed by atoms with Gasteiger partial charge in [0.1, 0.15) is 5.69 Å². The molecule has 0 saturated carbocycles. The van der Waals surface area contributed by atoms with Crippen LogP contribution in [0.15, 0.2) is 24.7 Å². The number of halogens is 1. The molecule has 0 aliphatic carbocycles. The first-order valence-electron chi connectivity index (χ1n) is 6.62. The normalized spacial score (nSPS) is 10.6. The Morgan fingerprint density at radius 3 is 2.61 bits per heavy atom. The van der Waals surface area contributed by atoms with E-state index in [0.717, 1.165) is 6.20 Å². The highest BCUT2D eigenvalue weighted by atomic mass is 19.1. The van der Waals surface area contributed by atoms with Gasteiger partial charge in [0, 0.05) is 6.20 Å². The molecule has 3 aromatic rings. The first-order valence-corrected chi connectivity index (χ1v) is 6.62. The molecule has 0 bridgehead atoms. The number of hydrogen-bond acceptors (Lipinski definition) is 7. The minimum Gasteiger partial charge on any atom is -0.480 e. The monoisotopic (exact) mass is 316 g/mol. The van der Waals surface area contributed by atoms with Crippen molar-refractivity contribution in [2.75, 3.05) is 14.2 Å². The maximum absolute atomic E-state index is 13.2. The molecule has 23 heavy (non-hydrogen) atoms. The van der Waals surface area contributed by atoms with E-state index >= 15 is 0 Å². The van der Waals surface area contributed by atoms with Crippen molar-refractivity contribution >= 4 is 0 Å². The molecule has 8 nitrogen and oxygen atoms in total. The molecule has 0 radical (unpaired) electrons. The van der Waals surface area contributed by atoms with Crippen molar-refractivity contribution in [3.05, 3.63) is 36.2 Å². The summed E-state index contributed by atoms with van der Waals surface area (Å²) in [7, 11) is 2.95. The molecule has 0 atom stereocenters. The van der Waals surface area contributed by atoms with E-state index in [4.69, 9.17) is 9.47 Å². The molecule has 0 aliphatic heterocycles. The van der Waals surface area contributed by atoms with Gasteiger partial charge in [-0.05, 0) is 13.0 Å². The molecule has 0 spiro atoms. The summed E-state index contributed by atoms with van der Waals surface area (Å²) in [5.41, 5.74) is 2.21. The molecule has 9 heteroatoms. The SMILES string of the molecule is COc1ncc(-c2cc(-n3cc(F)cn3)c(C)nn2)c(OC)n1. The van der Waals surface area contributed by atoms with Crippen LogP contribution in [0.25, 0.3) is 16.9 Å². The van der Waals surface area contributed by atoms with Crippen molar-refractivity contribution in [1.29, 1.82) is 0 Å². The molecule has 0 aromatic carbocycles. The highest BCUT2D eigenvalue weighted by Crippen LogP contribution is 2.28. The third-order valence-electron chi connectivity index (χ3n) is 3.13. The number of aromatic nitrogens is 6. The largest absolute Gasteiger partial charge is 0.480 e. The average Bonchev–Trinajstić information content (AvgIpc) is 3.01. The summed E-state index contributed by atoms with van der Waals surface area (Å²) >= 11 is 0. The maximum Gasteiger partial charge on any atom is 0.319 e. The Kier molecular flexibility index (Phi) is 3.83. The van der Waals surface area contributed by atoms with Crippen LogP contribution in [0.1, 0.15) is 5.69 Å². The van der Waals surface area contributed by atoms with Crippen LogP contribution >= 0.6 is 0 Å². The van der Waals surface area contributed by atoms with Gasteiger partial charge in [-0.2, -0.15) is 15.2 Å². The number of nitrogens with zero attached hydrogens (tertiary/aromatic N) is 6. The molecule has 0 aliphatic rings. The number of hydrogen-bond donors (Lipinski definition) is 0. The van der Waals surface area contributed by atoms with Crippen LogP contribution in [-0.2, 0) is 0 Å². The van der Waals surface area contributed by atoms with E-state index in [-0.39, 0.29) is 6.01 Å². The molecule has 0 fully saturated rings. The molecule has 118 valence electrons. The molecule has 0 amide bonds. The predicted molar refractivity (Wildman–Crippen MR) is 78.0 cm³/mol. The van der Waals surface area contributed by atoms with Crippen molar-refractivity contribution in [2.45, 2.75) is 6.92 Å². The van der Waals surface area contributed by atoms with Gasteiger partial charge < -0.3 is 9.47 Å². The Bertz CT molecular complexity index is 851. The maximum atomic E-state index is 13.2. The van der Waals surface area contributed by atoms with Crippen molar-refractivity contribution in [3.8, 4) is 28.8 Å². The fraction of sp³-hybridized carbons (Fsp3) is 0.214. The van der Waals surface area contributed by atoms with E-state index in [1.165, 1.54) is 31.3 Å². The molecule has 3 heterocycles. The second-order valence-corrected chi connectivity index (χ2v) is 4.58. The van der Waals surface area contributed by atoms with Gasteiger partial charge in [-0.3, -0.25) is 0 Å². The van der Waals surface area contributed by atoms with Crippen LogP contribution in [0.3, 0.4) is 0 Å². The molecular weight excluding hydrogens is 303 g/mol. The van der Waals surface area contributed by atoms with Gasteiger partial charge in [-0.25, -0.2) is 14.1 Å². The lowest BCUT2D eigenvalue weighted by molar-refractivity contribution is 0.353. The molecular formula is C14H13FN6O2. The predicted octanol–water partition coefficient (Wildman–Crippen LogP) is 1.58. The standard InChI is InChI=1S/C14H13FN6O2/c1-8-12(21-7-9(15)5-17-21)4-11(20-19-8)10-6-16-14(23-3)18-13(10)22-2/h4-7H,1-3H3. The van der Waals surface area contributed by atoms with E-state index in [1.807, 2.05) is 0 Å². The van der Waals surface area contributed by atoms with E-state index in [1.54, 1.807) is 13.0 Å². The summed E-state index contributed by atoms with van der Waals surface area (Å²) in [5.74, 6) is -0.138.